The fourth-order valence-corrected chi connectivity index (χ4v) is 0.625. The SMILES string of the molecule is C=CC(=O)OC=CCOC(=O)CCC(=O)O. The second-order valence-electron chi connectivity index (χ2n) is 2.59. The molecule has 16 heavy (non-hydrogen) atoms. The molecule has 1 N–H and O–H groups in total. The van der Waals surface area contributed by atoms with E-state index in [-0.39, 0.29) is 19.4 Å². The van der Waals surface area contributed by atoms with E-state index in [1.54, 1.807) is 0 Å². The Bertz CT molecular complexity index is 304. The molecule has 0 saturated heterocycles. The Labute approximate surface area is 92.2 Å². The van der Waals surface area contributed by atoms with Crippen molar-refractivity contribution in [3.05, 3.63) is 25.0 Å². The van der Waals surface area contributed by atoms with E-state index in [2.05, 4.69) is 16.1 Å². The van der Waals surface area contributed by atoms with Crippen molar-refractivity contribution in [2.24, 2.45) is 0 Å². The third-order valence-electron chi connectivity index (χ3n) is 1.33. The van der Waals surface area contributed by atoms with Gasteiger partial charge in [0, 0.05) is 6.08 Å². The number of esters is 2. The lowest BCUT2D eigenvalue weighted by atomic mass is 10.3. The monoisotopic (exact) mass is 228 g/mol. The van der Waals surface area contributed by atoms with Crippen molar-refractivity contribution in [3.63, 3.8) is 0 Å². The summed E-state index contributed by atoms with van der Waals surface area (Å²) in [6.45, 7) is 3.10. The molecule has 0 aromatic heterocycles. The topological polar surface area (TPSA) is 89.9 Å². The molecule has 0 rings (SSSR count). The molecule has 0 spiro atoms. The van der Waals surface area contributed by atoms with Crippen LogP contribution in [0.5, 0.6) is 0 Å². The molecule has 0 fully saturated rings. The van der Waals surface area contributed by atoms with Crippen molar-refractivity contribution in [1.29, 1.82) is 0 Å². The number of aliphatic carboxylic acids is 1. The minimum absolute atomic E-state index is 0.0805. The molecule has 0 unspecified atom stereocenters. The first kappa shape index (κ1) is 13.9. The van der Waals surface area contributed by atoms with E-state index in [0.717, 1.165) is 12.3 Å². The van der Waals surface area contributed by atoms with Gasteiger partial charge >= 0.3 is 17.9 Å². The molecule has 6 heteroatoms. The van der Waals surface area contributed by atoms with Gasteiger partial charge in [0.2, 0.25) is 0 Å². The van der Waals surface area contributed by atoms with Gasteiger partial charge in [-0.2, -0.15) is 0 Å². The second kappa shape index (κ2) is 8.22. The number of hydrogen-bond acceptors (Lipinski definition) is 5. The molecule has 0 aliphatic rings. The van der Waals surface area contributed by atoms with Gasteiger partial charge in [-0.3, -0.25) is 9.59 Å². The highest BCUT2D eigenvalue weighted by Crippen LogP contribution is 1.93. The molecule has 0 amide bonds. The van der Waals surface area contributed by atoms with Crippen molar-refractivity contribution < 1.29 is 29.0 Å². The van der Waals surface area contributed by atoms with Crippen LogP contribution in [-0.2, 0) is 23.9 Å². The third kappa shape index (κ3) is 8.49. The van der Waals surface area contributed by atoms with Gasteiger partial charge in [0.15, 0.2) is 0 Å². The number of carbonyl (C=O) groups excluding carboxylic acids is 2. The summed E-state index contributed by atoms with van der Waals surface area (Å²) in [5, 5.41) is 8.27. The lowest BCUT2D eigenvalue weighted by Gasteiger charge is -1.99. The number of carbonyl (C=O) groups is 3. The quantitative estimate of drug-likeness (QED) is 0.390. The molecule has 0 aromatic carbocycles. The summed E-state index contributed by atoms with van der Waals surface area (Å²) in [4.78, 5) is 31.5. The zero-order valence-corrected chi connectivity index (χ0v) is 8.55. The Hall–Kier alpha value is -2.11. The molecule has 0 saturated carbocycles. The number of carboxylic acid groups (broad SMARTS) is 1. The highest BCUT2D eigenvalue weighted by Gasteiger charge is 2.04. The number of carboxylic acids is 1. The molecule has 88 valence electrons. The smallest absolute Gasteiger partial charge is 0.334 e. The van der Waals surface area contributed by atoms with E-state index in [0.29, 0.717) is 0 Å². The Morgan fingerprint density at radius 1 is 1.25 bits per heavy atom. The normalized spacial score (nSPS) is 9.75. The summed E-state index contributed by atoms with van der Waals surface area (Å²) in [6, 6.07) is 0. The van der Waals surface area contributed by atoms with Crippen molar-refractivity contribution in [1.82, 2.24) is 0 Å². The highest BCUT2D eigenvalue weighted by atomic mass is 16.5. The van der Waals surface area contributed by atoms with Crippen LogP contribution < -0.4 is 0 Å². The number of rotatable bonds is 7. The first-order valence-corrected chi connectivity index (χ1v) is 4.41. The largest absolute Gasteiger partial charge is 0.481 e. The van der Waals surface area contributed by atoms with Crippen LogP contribution in [0.25, 0.3) is 0 Å². The summed E-state index contributed by atoms with van der Waals surface area (Å²) in [7, 11) is 0. The average Bonchev–Trinajstić information content (AvgIpc) is 2.25. The minimum Gasteiger partial charge on any atom is -0.481 e. The van der Waals surface area contributed by atoms with E-state index in [1.165, 1.54) is 6.08 Å². The molecule has 0 heterocycles. The zero-order chi connectivity index (χ0) is 12.4. The maximum Gasteiger partial charge on any atom is 0.334 e. The first-order chi connectivity index (χ1) is 7.56. The van der Waals surface area contributed by atoms with Crippen LogP contribution in [0.15, 0.2) is 25.0 Å². The van der Waals surface area contributed by atoms with Gasteiger partial charge < -0.3 is 14.6 Å². The molecule has 6 nitrogen and oxygen atoms in total. The Balaban J connectivity index is 3.57. The van der Waals surface area contributed by atoms with E-state index < -0.39 is 17.9 Å². The van der Waals surface area contributed by atoms with Crippen LogP contribution in [0.4, 0.5) is 0 Å². The van der Waals surface area contributed by atoms with E-state index >= 15 is 0 Å². The fraction of sp³-hybridized carbons (Fsp3) is 0.300. The average molecular weight is 228 g/mol. The lowest BCUT2D eigenvalue weighted by Crippen LogP contribution is -2.07. The number of hydrogen-bond donors (Lipinski definition) is 1. The highest BCUT2D eigenvalue weighted by molar-refractivity contribution is 5.81. The van der Waals surface area contributed by atoms with Crippen LogP contribution in [0.3, 0.4) is 0 Å². The molecular weight excluding hydrogens is 216 g/mol. The van der Waals surface area contributed by atoms with Gasteiger partial charge in [-0.15, -0.1) is 0 Å². The van der Waals surface area contributed by atoms with Crippen molar-refractivity contribution in [3.8, 4) is 0 Å². The van der Waals surface area contributed by atoms with Gasteiger partial charge in [-0.1, -0.05) is 6.58 Å². The maximum atomic E-state index is 10.9. The van der Waals surface area contributed by atoms with Gasteiger partial charge in [0.25, 0.3) is 0 Å². The van der Waals surface area contributed by atoms with Gasteiger partial charge in [0.1, 0.15) is 6.61 Å². The molecule has 0 radical (unpaired) electrons. The Morgan fingerprint density at radius 3 is 2.50 bits per heavy atom. The second-order valence-corrected chi connectivity index (χ2v) is 2.59. The van der Waals surface area contributed by atoms with E-state index in [4.69, 9.17) is 5.11 Å². The van der Waals surface area contributed by atoms with Crippen molar-refractivity contribution >= 4 is 17.9 Å². The van der Waals surface area contributed by atoms with Gasteiger partial charge in [-0.05, 0) is 6.08 Å². The van der Waals surface area contributed by atoms with Crippen LogP contribution in [0.1, 0.15) is 12.8 Å². The maximum absolute atomic E-state index is 10.9. The fourth-order valence-electron chi connectivity index (χ4n) is 0.625. The van der Waals surface area contributed by atoms with E-state index in [9.17, 15) is 14.4 Å². The zero-order valence-electron chi connectivity index (χ0n) is 8.55. The molecular formula is C10H12O6. The molecule has 0 atom stereocenters. The summed E-state index contributed by atoms with van der Waals surface area (Å²) >= 11 is 0. The number of ether oxygens (including phenoxy) is 2. The molecule has 0 bridgehead atoms. The standard InChI is InChI=1S/C10H12O6/c1-2-9(13)15-6-3-7-16-10(14)5-4-8(11)12/h2-3,6H,1,4-5,7H2,(H,11,12). The Morgan fingerprint density at radius 2 is 1.94 bits per heavy atom. The predicted octanol–water partition coefficient (Wildman–Crippen LogP) is 0.637. The molecule has 0 aliphatic carbocycles. The van der Waals surface area contributed by atoms with Crippen molar-refractivity contribution in [2.75, 3.05) is 6.61 Å². The van der Waals surface area contributed by atoms with Gasteiger partial charge in [-0.25, -0.2) is 4.79 Å². The minimum atomic E-state index is -1.06. The summed E-state index contributed by atoms with van der Waals surface area (Å²) in [5.41, 5.74) is 0. The van der Waals surface area contributed by atoms with Crippen molar-refractivity contribution in [2.45, 2.75) is 12.8 Å². The van der Waals surface area contributed by atoms with E-state index in [1.807, 2.05) is 0 Å². The predicted molar refractivity (Wildman–Crippen MR) is 53.3 cm³/mol. The lowest BCUT2D eigenvalue weighted by molar-refractivity contribution is -0.146. The Kier molecular flexibility index (Phi) is 7.14. The van der Waals surface area contributed by atoms with Gasteiger partial charge in [0.05, 0.1) is 19.1 Å². The molecule has 0 aliphatic heterocycles. The summed E-state index contributed by atoms with van der Waals surface area (Å²) in [6.07, 6.45) is 2.90. The first-order valence-electron chi connectivity index (χ1n) is 4.41. The van der Waals surface area contributed by atoms with Crippen LogP contribution in [0.2, 0.25) is 0 Å². The summed E-state index contributed by atoms with van der Waals surface area (Å²) < 4.78 is 9.05. The summed E-state index contributed by atoms with van der Waals surface area (Å²) in [5.74, 6) is -2.30. The molecule has 0 aromatic rings. The van der Waals surface area contributed by atoms with Crippen LogP contribution >= 0.6 is 0 Å². The third-order valence-corrected chi connectivity index (χ3v) is 1.33. The van der Waals surface area contributed by atoms with Crippen LogP contribution in [0, 0.1) is 0 Å². The van der Waals surface area contributed by atoms with Crippen LogP contribution in [-0.4, -0.2) is 29.6 Å².